The number of benzene rings is 1. The van der Waals surface area contributed by atoms with Crippen LogP contribution >= 0.6 is 11.5 Å². The lowest BCUT2D eigenvalue weighted by atomic mass is 9.59. The van der Waals surface area contributed by atoms with Gasteiger partial charge in [-0.1, -0.05) is 37.8 Å². The van der Waals surface area contributed by atoms with Gasteiger partial charge in [-0.3, -0.25) is 19.4 Å². The number of amides is 2. The van der Waals surface area contributed by atoms with Crippen LogP contribution in [0.25, 0.3) is 10.1 Å². The normalized spacial score (nSPS) is 33.9. The maximum atomic E-state index is 13.6. The van der Waals surface area contributed by atoms with Crippen LogP contribution in [0.3, 0.4) is 0 Å². The van der Waals surface area contributed by atoms with Crippen LogP contribution < -0.4 is 4.90 Å². The molecule has 2 saturated heterocycles. The Kier molecular flexibility index (Phi) is 6.35. The number of hydrogen-bond acceptors (Lipinski definition) is 6. The molecule has 2 aromatic rings. The third kappa shape index (κ3) is 3.89. The zero-order valence-corrected chi connectivity index (χ0v) is 22.7. The smallest absolute Gasteiger partial charge is 0.236 e. The fraction of sp³-hybridized carbons (Fsp3) is 0.690. The number of rotatable bonds is 5. The predicted octanol–water partition coefficient (Wildman–Crippen LogP) is 5.18. The summed E-state index contributed by atoms with van der Waals surface area (Å²) < 4.78 is 6.02. The summed E-state index contributed by atoms with van der Waals surface area (Å²) in [6, 6.07) is 8.53. The average molecular weight is 509 g/mol. The van der Waals surface area contributed by atoms with Crippen LogP contribution in [0.5, 0.6) is 0 Å². The van der Waals surface area contributed by atoms with E-state index in [0.29, 0.717) is 18.4 Å². The average Bonchev–Trinajstić information content (AvgIpc) is 3.39. The quantitative estimate of drug-likeness (QED) is 0.521. The number of imide groups is 1. The van der Waals surface area contributed by atoms with Gasteiger partial charge in [0.15, 0.2) is 0 Å². The molecule has 0 radical (unpaired) electrons. The summed E-state index contributed by atoms with van der Waals surface area (Å²) in [5.74, 6) is 2.36. The number of aromatic nitrogens is 1. The summed E-state index contributed by atoms with van der Waals surface area (Å²) in [5, 5.41) is 1.27. The van der Waals surface area contributed by atoms with Crippen molar-refractivity contribution in [2.24, 2.45) is 22.7 Å². The molecule has 2 aliphatic heterocycles. The molecule has 4 aliphatic rings. The Morgan fingerprint density at radius 3 is 2.14 bits per heavy atom. The van der Waals surface area contributed by atoms with E-state index in [1.807, 2.05) is 0 Å². The van der Waals surface area contributed by atoms with Crippen molar-refractivity contribution in [3.8, 4) is 0 Å². The van der Waals surface area contributed by atoms with Crippen LogP contribution in [0.4, 0.5) is 5.82 Å². The van der Waals surface area contributed by atoms with E-state index < -0.39 is 10.8 Å². The minimum Gasteiger partial charge on any atom is -0.353 e. The van der Waals surface area contributed by atoms with Crippen molar-refractivity contribution in [3.05, 3.63) is 24.3 Å². The number of nitrogens with zero attached hydrogens (tertiary/aromatic N) is 4. The lowest BCUT2D eigenvalue weighted by molar-refractivity contribution is -0.142. The number of anilines is 1. The third-order valence-electron chi connectivity index (χ3n) is 10.3. The van der Waals surface area contributed by atoms with E-state index in [2.05, 4.69) is 47.9 Å². The largest absolute Gasteiger partial charge is 0.353 e. The van der Waals surface area contributed by atoms with Crippen LogP contribution in [0, 0.1) is 22.7 Å². The fourth-order valence-electron chi connectivity index (χ4n) is 7.62. The molecule has 4 atom stereocenters. The fourth-order valence-corrected chi connectivity index (χ4v) is 8.42. The van der Waals surface area contributed by atoms with Gasteiger partial charge >= 0.3 is 0 Å². The topological polar surface area (TPSA) is 56.8 Å². The van der Waals surface area contributed by atoms with E-state index in [4.69, 9.17) is 4.37 Å². The zero-order valence-electron chi connectivity index (χ0n) is 21.9. The van der Waals surface area contributed by atoms with Crippen LogP contribution in [0.1, 0.15) is 65.2 Å². The second kappa shape index (κ2) is 9.39. The summed E-state index contributed by atoms with van der Waals surface area (Å²) in [6.45, 7) is 9.96. The Hall–Kier alpha value is -1.99. The summed E-state index contributed by atoms with van der Waals surface area (Å²) in [7, 11) is 0. The zero-order chi connectivity index (χ0) is 24.9. The van der Waals surface area contributed by atoms with Gasteiger partial charge in [0.1, 0.15) is 5.82 Å². The first-order chi connectivity index (χ1) is 17.4. The van der Waals surface area contributed by atoms with Gasteiger partial charge in [-0.05, 0) is 75.0 Å². The van der Waals surface area contributed by atoms with E-state index in [0.717, 1.165) is 70.6 Å². The van der Waals surface area contributed by atoms with Crippen LogP contribution in [-0.4, -0.2) is 65.3 Å². The van der Waals surface area contributed by atoms with Crippen molar-refractivity contribution in [3.63, 3.8) is 0 Å². The van der Waals surface area contributed by atoms with Crippen molar-refractivity contribution < 1.29 is 9.59 Å². The molecule has 0 bridgehead atoms. The summed E-state index contributed by atoms with van der Waals surface area (Å²) in [6.07, 6.45) is 8.68. The number of hydrogen-bond donors (Lipinski definition) is 0. The molecule has 1 aromatic heterocycles. The molecule has 0 N–H and O–H groups in total. The summed E-state index contributed by atoms with van der Waals surface area (Å²) in [4.78, 5) is 33.9. The minimum atomic E-state index is -0.497. The predicted molar refractivity (Wildman–Crippen MR) is 145 cm³/mol. The lowest BCUT2D eigenvalue weighted by Gasteiger charge is -2.40. The molecule has 4 fully saturated rings. The van der Waals surface area contributed by atoms with Crippen LogP contribution in [-0.2, 0) is 9.59 Å². The van der Waals surface area contributed by atoms with Crippen LogP contribution in [0.15, 0.2) is 24.3 Å². The van der Waals surface area contributed by atoms with E-state index in [-0.39, 0.29) is 11.8 Å². The first kappa shape index (κ1) is 24.4. The van der Waals surface area contributed by atoms with E-state index in [1.165, 1.54) is 29.3 Å². The molecule has 7 heteroatoms. The molecule has 36 heavy (non-hydrogen) atoms. The van der Waals surface area contributed by atoms with Gasteiger partial charge < -0.3 is 4.90 Å². The molecule has 4 unspecified atom stereocenters. The number of carbonyl (C=O) groups is 2. The second-order valence-electron chi connectivity index (χ2n) is 12.2. The second-order valence-corrected chi connectivity index (χ2v) is 13.0. The Morgan fingerprint density at radius 1 is 0.861 bits per heavy atom. The molecular formula is C29H40N4O2S. The van der Waals surface area contributed by atoms with Crippen molar-refractivity contribution in [2.75, 3.05) is 44.2 Å². The molecule has 3 heterocycles. The van der Waals surface area contributed by atoms with Gasteiger partial charge in [0.2, 0.25) is 11.8 Å². The third-order valence-corrected chi connectivity index (χ3v) is 11.1. The van der Waals surface area contributed by atoms with Gasteiger partial charge in [-0.25, -0.2) is 0 Å². The SMILES string of the molecule is CC12CCCCC1(C)C(=O)N(CC1CCCCC1CN1CCN(c3nsc4ccccc34)CC1)C2=O. The van der Waals surface area contributed by atoms with Crippen LogP contribution in [0.2, 0.25) is 0 Å². The first-order valence-corrected chi connectivity index (χ1v) is 14.9. The molecular weight excluding hydrogens is 468 g/mol. The maximum absolute atomic E-state index is 13.6. The number of fused-ring (bicyclic) bond motifs is 2. The van der Waals surface area contributed by atoms with Crippen molar-refractivity contribution in [2.45, 2.75) is 65.2 Å². The summed E-state index contributed by atoms with van der Waals surface area (Å²) in [5.41, 5.74) is -0.995. The maximum Gasteiger partial charge on any atom is 0.236 e. The van der Waals surface area contributed by atoms with Gasteiger partial charge in [0.05, 0.1) is 15.5 Å². The van der Waals surface area contributed by atoms with Crippen molar-refractivity contribution in [1.82, 2.24) is 14.2 Å². The Morgan fingerprint density at radius 2 is 1.47 bits per heavy atom. The standard InChI is InChI=1S/C29H40N4O2S/c1-28-13-7-8-14-29(28,2)27(35)33(26(28)34)20-22-10-4-3-9-21(22)19-31-15-17-32(18-16-31)25-23-11-5-6-12-24(23)36-30-25/h5-6,11-12,21-22H,3-4,7-10,13-20H2,1-2H3. The highest BCUT2D eigenvalue weighted by Crippen LogP contribution is 2.57. The highest BCUT2D eigenvalue weighted by molar-refractivity contribution is 7.13. The molecule has 6 nitrogen and oxygen atoms in total. The van der Waals surface area contributed by atoms with Crippen molar-refractivity contribution in [1.29, 1.82) is 0 Å². The minimum absolute atomic E-state index is 0.114. The molecule has 194 valence electrons. The molecule has 6 rings (SSSR count). The molecule has 2 amide bonds. The van der Waals surface area contributed by atoms with Gasteiger partial charge in [-0.2, -0.15) is 4.37 Å². The van der Waals surface area contributed by atoms with Gasteiger partial charge in [0.25, 0.3) is 0 Å². The monoisotopic (exact) mass is 508 g/mol. The number of likely N-dealkylation sites (tertiary alicyclic amines) is 1. The highest BCUT2D eigenvalue weighted by Gasteiger charge is 2.64. The first-order valence-electron chi connectivity index (χ1n) is 14.1. The van der Waals surface area contributed by atoms with E-state index in [1.54, 1.807) is 16.4 Å². The Bertz CT molecular complexity index is 1110. The molecule has 0 spiro atoms. The van der Waals surface area contributed by atoms with E-state index >= 15 is 0 Å². The molecule has 2 saturated carbocycles. The number of piperazine rings is 1. The van der Waals surface area contributed by atoms with E-state index in [9.17, 15) is 9.59 Å². The molecule has 2 aliphatic carbocycles. The Labute approximate surface area is 219 Å². The Balaban J connectivity index is 1.10. The summed E-state index contributed by atoms with van der Waals surface area (Å²) >= 11 is 1.59. The van der Waals surface area contributed by atoms with Gasteiger partial charge in [-0.15, -0.1) is 0 Å². The van der Waals surface area contributed by atoms with Gasteiger partial charge in [0, 0.05) is 44.7 Å². The highest BCUT2D eigenvalue weighted by atomic mass is 32.1. The van der Waals surface area contributed by atoms with Crippen molar-refractivity contribution >= 4 is 39.3 Å². The number of carbonyl (C=O) groups excluding carboxylic acids is 2. The molecule has 1 aromatic carbocycles. The lowest BCUT2D eigenvalue weighted by Crippen LogP contribution is -2.49.